The van der Waals surface area contributed by atoms with Gasteiger partial charge < -0.3 is 14.8 Å². The molecular weight excluding hydrogens is 400 g/mol. The summed E-state index contributed by atoms with van der Waals surface area (Å²) in [5.41, 5.74) is 1.15. The SMILES string of the molecule is COc1cc(NC(=O)c2cnn(-c3cccc(Cl)c3)c2C)c([N+](=O)[O-])cc1OC. The molecule has 1 aromatic heterocycles. The summed E-state index contributed by atoms with van der Waals surface area (Å²) in [7, 11) is 2.77. The van der Waals surface area contributed by atoms with Crippen molar-refractivity contribution in [2.24, 2.45) is 0 Å². The van der Waals surface area contributed by atoms with Gasteiger partial charge in [0.15, 0.2) is 11.5 Å². The molecule has 9 nitrogen and oxygen atoms in total. The number of hydrogen-bond acceptors (Lipinski definition) is 6. The number of nitrogens with zero attached hydrogens (tertiary/aromatic N) is 3. The quantitative estimate of drug-likeness (QED) is 0.480. The van der Waals surface area contributed by atoms with Crippen LogP contribution in [0.25, 0.3) is 5.69 Å². The minimum absolute atomic E-state index is 0.0208. The lowest BCUT2D eigenvalue weighted by Crippen LogP contribution is -2.14. The van der Waals surface area contributed by atoms with Gasteiger partial charge in [-0.15, -0.1) is 0 Å². The van der Waals surface area contributed by atoms with Crippen LogP contribution >= 0.6 is 11.6 Å². The van der Waals surface area contributed by atoms with Crippen LogP contribution in [0.4, 0.5) is 11.4 Å². The van der Waals surface area contributed by atoms with Crippen LogP contribution in [-0.4, -0.2) is 34.8 Å². The summed E-state index contributed by atoms with van der Waals surface area (Å²) >= 11 is 6.02. The predicted octanol–water partition coefficient (Wildman–Crippen LogP) is 4.01. The van der Waals surface area contributed by atoms with Crippen molar-refractivity contribution in [2.45, 2.75) is 6.92 Å². The van der Waals surface area contributed by atoms with Crippen molar-refractivity contribution in [3.63, 3.8) is 0 Å². The van der Waals surface area contributed by atoms with Crippen molar-refractivity contribution in [1.82, 2.24) is 9.78 Å². The third-order valence-corrected chi connectivity index (χ3v) is 4.49. The minimum Gasteiger partial charge on any atom is -0.493 e. The molecule has 150 valence electrons. The van der Waals surface area contributed by atoms with Gasteiger partial charge in [-0.1, -0.05) is 17.7 Å². The third-order valence-electron chi connectivity index (χ3n) is 4.25. The maximum atomic E-state index is 12.8. The third kappa shape index (κ3) is 3.99. The Morgan fingerprint density at radius 2 is 1.90 bits per heavy atom. The number of ether oxygens (including phenoxy) is 2. The van der Waals surface area contributed by atoms with E-state index in [1.807, 2.05) is 0 Å². The van der Waals surface area contributed by atoms with Crippen LogP contribution in [0.5, 0.6) is 11.5 Å². The number of nitro groups is 1. The van der Waals surface area contributed by atoms with Gasteiger partial charge in [-0.2, -0.15) is 5.10 Å². The maximum Gasteiger partial charge on any atom is 0.296 e. The van der Waals surface area contributed by atoms with E-state index in [0.717, 1.165) is 0 Å². The molecule has 1 heterocycles. The number of rotatable bonds is 6. The van der Waals surface area contributed by atoms with Crippen molar-refractivity contribution in [3.05, 3.63) is 69.0 Å². The van der Waals surface area contributed by atoms with E-state index >= 15 is 0 Å². The zero-order valence-corrected chi connectivity index (χ0v) is 16.6. The van der Waals surface area contributed by atoms with Crippen molar-refractivity contribution in [2.75, 3.05) is 19.5 Å². The zero-order valence-electron chi connectivity index (χ0n) is 15.8. The van der Waals surface area contributed by atoms with E-state index in [1.165, 1.54) is 32.5 Å². The molecule has 0 saturated carbocycles. The fraction of sp³-hybridized carbons (Fsp3) is 0.158. The lowest BCUT2D eigenvalue weighted by atomic mass is 10.2. The zero-order chi connectivity index (χ0) is 21.1. The molecule has 0 bridgehead atoms. The molecule has 0 saturated heterocycles. The van der Waals surface area contributed by atoms with Crippen molar-refractivity contribution >= 4 is 28.9 Å². The molecule has 0 aliphatic rings. The van der Waals surface area contributed by atoms with Gasteiger partial charge >= 0.3 is 0 Å². The maximum absolute atomic E-state index is 12.8. The Bertz CT molecular complexity index is 1100. The molecule has 1 N–H and O–H groups in total. The van der Waals surface area contributed by atoms with Gasteiger partial charge in [0.1, 0.15) is 5.69 Å². The Labute approximate surface area is 171 Å². The van der Waals surface area contributed by atoms with Gasteiger partial charge in [-0.3, -0.25) is 14.9 Å². The first-order valence-corrected chi connectivity index (χ1v) is 8.75. The number of carbonyl (C=O) groups is 1. The second kappa shape index (κ2) is 8.19. The van der Waals surface area contributed by atoms with Gasteiger partial charge in [-0.25, -0.2) is 4.68 Å². The van der Waals surface area contributed by atoms with Gasteiger partial charge in [0.25, 0.3) is 11.6 Å². The molecule has 1 amide bonds. The van der Waals surface area contributed by atoms with Crippen LogP contribution in [-0.2, 0) is 0 Å². The molecule has 0 spiro atoms. The Morgan fingerprint density at radius 1 is 1.21 bits per heavy atom. The standard InChI is InChI=1S/C19H17ClN4O5/c1-11-14(10-21-23(11)13-6-4-5-12(20)7-13)19(25)22-15-8-17(28-2)18(29-3)9-16(15)24(26)27/h4-10H,1-3H3,(H,22,25). The average Bonchev–Trinajstić information content (AvgIpc) is 3.08. The largest absolute Gasteiger partial charge is 0.493 e. The van der Waals surface area contributed by atoms with E-state index in [1.54, 1.807) is 35.9 Å². The van der Waals surface area contributed by atoms with E-state index in [0.29, 0.717) is 16.4 Å². The van der Waals surface area contributed by atoms with E-state index in [4.69, 9.17) is 21.1 Å². The Morgan fingerprint density at radius 3 is 2.52 bits per heavy atom. The van der Waals surface area contributed by atoms with Gasteiger partial charge in [0, 0.05) is 11.1 Å². The van der Waals surface area contributed by atoms with E-state index < -0.39 is 10.8 Å². The van der Waals surface area contributed by atoms with E-state index in [2.05, 4.69) is 10.4 Å². The predicted molar refractivity (Wildman–Crippen MR) is 107 cm³/mol. The molecule has 0 unspecified atom stereocenters. The molecule has 0 aliphatic heterocycles. The van der Waals surface area contributed by atoms with Crippen LogP contribution in [0.3, 0.4) is 0 Å². The summed E-state index contributed by atoms with van der Waals surface area (Å²) in [5, 5.41) is 18.7. The summed E-state index contributed by atoms with van der Waals surface area (Å²) in [4.78, 5) is 23.6. The number of aromatic nitrogens is 2. The van der Waals surface area contributed by atoms with Gasteiger partial charge in [-0.05, 0) is 25.1 Å². The molecule has 29 heavy (non-hydrogen) atoms. The molecule has 10 heteroatoms. The Kier molecular flexibility index (Phi) is 5.69. The number of carbonyl (C=O) groups excluding carboxylic acids is 1. The number of halogens is 1. The fourth-order valence-corrected chi connectivity index (χ4v) is 2.99. The number of anilines is 1. The van der Waals surface area contributed by atoms with Crippen LogP contribution in [0.1, 0.15) is 16.1 Å². The van der Waals surface area contributed by atoms with Crippen LogP contribution < -0.4 is 14.8 Å². The molecule has 3 rings (SSSR count). The fourth-order valence-electron chi connectivity index (χ4n) is 2.81. The first-order chi connectivity index (χ1) is 13.8. The van der Waals surface area contributed by atoms with Gasteiger partial charge in [0.2, 0.25) is 0 Å². The second-order valence-corrected chi connectivity index (χ2v) is 6.41. The topological polar surface area (TPSA) is 109 Å². The number of hydrogen-bond donors (Lipinski definition) is 1. The molecule has 0 fully saturated rings. The van der Waals surface area contributed by atoms with Crippen molar-refractivity contribution < 1.29 is 19.2 Å². The van der Waals surface area contributed by atoms with Crippen LogP contribution in [0.2, 0.25) is 5.02 Å². The molecular formula is C19H17ClN4O5. The highest BCUT2D eigenvalue weighted by Gasteiger charge is 2.23. The van der Waals surface area contributed by atoms with Crippen LogP contribution in [0.15, 0.2) is 42.6 Å². The van der Waals surface area contributed by atoms with Gasteiger partial charge in [0.05, 0.1) is 48.4 Å². The molecule has 0 radical (unpaired) electrons. The lowest BCUT2D eigenvalue weighted by molar-refractivity contribution is -0.384. The smallest absolute Gasteiger partial charge is 0.296 e. The Balaban J connectivity index is 1.96. The highest BCUT2D eigenvalue weighted by Crippen LogP contribution is 2.37. The summed E-state index contributed by atoms with van der Waals surface area (Å²) in [6.45, 7) is 1.71. The molecule has 2 aromatic carbocycles. The first-order valence-electron chi connectivity index (χ1n) is 8.38. The minimum atomic E-state index is -0.611. The van der Waals surface area contributed by atoms with E-state index in [9.17, 15) is 14.9 Å². The number of benzene rings is 2. The van der Waals surface area contributed by atoms with E-state index in [-0.39, 0.29) is 28.4 Å². The normalized spacial score (nSPS) is 10.5. The first kappa shape index (κ1) is 20.2. The average molecular weight is 417 g/mol. The number of amides is 1. The number of nitrogens with one attached hydrogen (secondary N) is 1. The van der Waals surface area contributed by atoms with Crippen molar-refractivity contribution in [1.29, 1.82) is 0 Å². The highest BCUT2D eigenvalue weighted by atomic mass is 35.5. The highest BCUT2D eigenvalue weighted by molar-refractivity contribution is 6.30. The summed E-state index contributed by atoms with van der Waals surface area (Å²) in [6, 6.07) is 9.54. The van der Waals surface area contributed by atoms with Crippen molar-refractivity contribution in [3.8, 4) is 17.2 Å². The molecule has 3 aromatic rings. The van der Waals surface area contributed by atoms with Crippen LogP contribution in [0, 0.1) is 17.0 Å². The molecule has 0 atom stereocenters. The summed E-state index contributed by atoms with van der Waals surface area (Å²) in [6.07, 6.45) is 1.39. The monoisotopic (exact) mass is 416 g/mol. The number of nitro benzene ring substituents is 1. The second-order valence-electron chi connectivity index (χ2n) is 5.97. The molecule has 0 aliphatic carbocycles. The lowest BCUT2D eigenvalue weighted by Gasteiger charge is -2.11. The Hall–Kier alpha value is -3.59. The number of methoxy groups -OCH3 is 2. The summed E-state index contributed by atoms with van der Waals surface area (Å²) in [5.74, 6) is -0.118. The summed E-state index contributed by atoms with van der Waals surface area (Å²) < 4.78 is 11.8.